The summed E-state index contributed by atoms with van der Waals surface area (Å²) in [6.45, 7) is 2.95. The van der Waals surface area contributed by atoms with Gasteiger partial charge in [0.25, 0.3) is 0 Å². The molecule has 72 valence electrons. The predicted octanol–water partition coefficient (Wildman–Crippen LogP) is 0.0190. The van der Waals surface area contributed by atoms with Crippen LogP contribution in [-0.4, -0.2) is 44.2 Å². The molecule has 0 aromatic carbocycles. The van der Waals surface area contributed by atoms with Crippen LogP contribution in [0.15, 0.2) is 0 Å². The smallest absolute Gasteiger partial charge is 0.0304 e. The van der Waals surface area contributed by atoms with Gasteiger partial charge >= 0.3 is 0 Å². The van der Waals surface area contributed by atoms with Crippen molar-refractivity contribution in [1.82, 2.24) is 10.2 Å². The summed E-state index contributed by atoms with van der Waals surface area (Å²) < 4.78 is 0. The Labute approximate surface area is 75.3 Å². The second-order valence-corrected chi connectivity index (χ2v) is 4.07. The number of rotatable bonds is 5. The number of nitrogens with one attached hydrogen (secondary N) is 1. The molecular weight excluding hydrogens is 150 g/mol. The van der Waals surface area contributed by atoms with Gasteiger partial charge in [0.2, 0.25) is 0 Å². The van der Waals surface area contributed by atoms with Crippen molar-refractivity contribution < 1.29 is 0 Å². The predicted molar refractivity (Wildman–Crippen MR) is 52.2 cm³/mol. The molecular formula is C9H21N3. The molecule has 0 atom stereocenters. The van der Waals surface area contributed by atoms with Gasteiger partial charge in [-0.3, -0.25) is 0 Å². The Bertz CT molecular complexity index is 124. The first-order chi connectivity index (χ1) is 5.68. The number of nitrogens with two attached hydrogens (primary N) is 1. The molecule has 12 heavy (non-hydrogen) atoms. The summed E-state index contributed by atoms with van der Waals surface area (Å²) in [6, 6.07) is 0. The standard InChI is InChI=1S/C9H21N3/c1-12(2)7-6-11-9(8-10)4-3-5-9/h11H,3-8,10H2,1-2H3. The summed E-state index contributed by atoms with van der Waals surface area (Å²) in [5.41, 5.74) is 6.01. The van der Waals surface area contributed by atoms with E-state index in [4.69, 9.17) is 5.73 Å². The molecule has 1 rings (SSSR count). The normalized spacial score (nSPS) is 21.0. The molecule has 3 N–H and O–H groups in total. The average Bonchev–Trinajstić information content (AvgIpc) is 1.94. The first-order valence-corrected chi connectivity index (χ1v) is 4.78. The lowest BCUT2D eigenvalue weighted by atomic mass is 9.77. The highest BCUT2D eigenvalue weighted by atomic mass is 15.1. The fourth-order valence-corrected chi connectivity index (χ4v) is 1.60. The average molecular weight is 171 g/mol. The summed E-state index contributed by atoms with van der Waals surface area (Å²) >= 11 is 0. The maximum atomic E-state index is 5.71. The minimum absolute atomic E-state index is 0.302. The summed E-state index contributed by atoms with van der Waals surface area (Å²) in [6.07, 6.45) is 3.86. The summed E-state index contributed by atoms with van der Waals surface area (Å²) in [5.74, 6) is 0. The highest BCUT2D eigenvalue weighted by Gasteiger charge is 2.34. The van der Waals surface area contributed by atoms with Gasteiger partial charge in [0.05, 0.1) is 0 Å². The van der Waals surface area contributed by atoms with Gasteiger partial charge in [-0.25, -0.2) is 0 Å². The first kappa shape index (κ1) is 9.96. The molecule has 3 nitrogen and oxygen atoms in total. The molecule has 1 aliphatic rings. The lowest BCUT2D eigenvalue weighted by Gasteiger charge is -2.42. The van der Waals surface area contributed by atoms with Crippen molar-refractivity contribution in [1.29, 1.82) is 0 Å². The van der Waals surface area contributed by atoms with Crippen molar-refractivity contribution >= 4 is 0 Å². The molecule has 0 saturated heterocycles. The second-order valence-electron chi connectivity index (χ2n) is 4.07. The maximum Gasteiger partial charge on any atom is 0.0304 e. The van der Waals surface area contributed by atoms with E-state index in [1.165, 1.54) is 19.3 Å². The molecule has 1 fully saturated rings. The van der Waals surface area contributed by atoms with Crippen LogP contribution in [-0.2, 0) is 0 Å². The second kappa shape index (κ2) is 4.21. The van der Waals surface area contributed by atoms with Crippen molar-refractivity contribution in [2.75, 3.05) is 33.7 Å². The third-order valence-electron chi connectivity index (χ3n) is 2.76. The first-order valence-electron chi connectivity index (χ1n) is 4.78. The summed E-state index contributed by atoms with van der Waals surface area (Å²) in [7, 11) is 4.19. The van der Waals surface area contributed by atoms with E-state index in [9.17, 15) is 0 Å². The Morgan fingerprint density at radius 1 is 1.42 bits per heavy atom. The maximum absolute atomic E-state index is 5.71. The monoisotopic (exact) mass is 171 g/mol. The molecule has 1 saturated carbocycles. The van der Waals surface area contributed by atoms with E-state index in [1.807, 2.05) is 0 Å². The van der Waals surface area contributed by atoms with Crippen LogP contribution in [0.3, 0.4) is 0 Å². The van der Waals surface area contributed by atoms with Gasteiger partial charge in [-0.05, 0) is 33.4 Å². The molecule has 0 aromatic heterocycles. The van der Waals surface area contributed by atoms with Crippen LogP contribution in [0.5, 0.6) is 0 Å². The fourth-order valence-electron chi connectivity index (χ4n) is 1.60. The minimum Gasteiger partial charge on any atom is -0.329 e. The highest BCUT2D eigenvalue weighted by molar-refractivity contribution is 4.96. The van der Waals surface area contributed by atoms with E-state index < -0.39 is 0 Å². The molecule has 1 aliphatic carbocycles. The Balaban J connectivity index is 2.12. The Morgan fingerprint density at radius 3 is 2.42 bits per heavy atom. The van der Waals surface area contributed by atoms with Gasteiger partial charge in [-0.2, -0.15) is 0 Å². The SMILES string of the molecule is CN(C)CCNC1(CN)CCC1. The minimum atomic E-state index is 0.302. The fraction of sp³-hybridized carbons (Fsp3) is 1.00. The van der Waals surface area contributed by atoms with Crippen LogP contribution < -0.4 is 11.1 Å². The molecule has 0 unspecified atom stereocenters. The number of hydrogen-bond donors (Lipinski definition) is 2. The van der Waals surface area contributed by atoms with Crippen molar-refractivity contribution in [2.24, 2.45) is 5.73 Å². The molecule has 0 aromatic rings. The van der Waals surface area contributed by atoms with Crippen LogP contribution in [0, 0.1) is 0 Å². The van der Waals surface area contributed by atoms with Crippen molar-refractivity contribution in [3.63, 3.8) is 0 Å². The quantitative estimate of drug-likeness (QED) is 0.613. The third-order valence-corrected chi connectivity index (χ3v) is 2.76. The van der Waals surface area contributed by atoms with Crippen molar-refractivity contribution in [3.8, 4) is 0 Å². The Hall–Kier alpha value is -0.120. The van der Waals surface area contributed by atoms with E-state index >= 15 is 0 Å². The molecule has 0 heterocycles. The van der Waals surface area contributed by atoms with Gasteiger partial charge in [-0.15, -0.1) is 0 Å². The molecule has 0 bridgehead atoms. The topological polar surface area (TPSA) is 41.3 Å². The zero-order valence-corrected chi connectivity index (χ0v) is 8.27. The molecule has 0 amide bonds. The largest absolute Gasteiger partial charge is 0.329 e. The van der Waals surface area contributed by atoms with Crippen LogP contribution in [0.2, 0.25) is 0 Å². The molecule has 0 spiro atoms. The van der Waals surface area contributed by atoms with Gasteiger partial charge in [0.15, 0.2) is 0 Å². The summed E-state index contributed by atoms with van der Waals surface area (Å²) in [4.78, 5) is 2.19. The van der Waals surface area contributed by atoms with E-state index in [0.29, 0.717) is 5.54 Å². The zero-order valence-electron chi connectivity index (χ0n) is 8.27. The van der Waals surface area contributed by atoms with Crippen LogP contribution in [0.1, 0.15) is 19.3 Å². The van der Waals surface area contributed by atoms with Gasteiger partial charge in [0, 0.05) is 25.2 Å². The highest BCUT2D eigenvalue weighted by Crippen LogP contribution is 2.30. The number of likely N-dealkylation sites (N-methyl/N-ethyl adjacent to an activating group) is 1. The lowest BCUT2D eigenvalue weighted by molar-refractivity contribution is 0.188. The Kier molecular flexibility index (Phi) is 3.50. The van der Waals surface area contributed by atoms with Crippen molar-refractivity contribution in [3.05, 3.63) is 0 Å². The zero-order chi connectivity index (χ0) is 9.03. The molecule has 0 radical (unpaired) electrons. The van der Waals surface area contributed by atoms with Crippen LogP contribution in [0.25, 0.3) is 0 Å². The Morgan fingerprint density at radius 2 is 2.08 bits per heavy atom. The van der Waals surface area contributed by atoms with Gasteiger partial charge < -0.3 is 16.0 Å². The number of hydrogen-bond acceptors (Lipinski definition) is 3. The molecule has 0 aliphatic heterocycles. The molecule has 3 heteroatoms. The third kappa shape index (κ3) is 2.44. The number of nitrogens with zero attached hydrogens (tertiary/aromatic N) is 1. The lowest BCUT2D eigenvalue weighted by Crippen LogP contribution is -2.57. The van der Waals surface area contributed by atoms with E-state index in [0.717, 1.165) is 19.6 Å². The van der Waals surface area contributed by atoms with Crippen LogP contribution >= 0.6 is 0 Å². The van der Waals surface area contributed by atoms with Gasteiger partial charge in [-0.1, -0.05) is 0 Å². The van der Waals surface area contributed by atoms with E-state index in [2.05, 4.69) is 24.3 Å². The van der Waals surface area contributed by atoms with E-state index in [1.54, 1.807) is 0 Å². The summed E-state index contributed by atoms with van der Waals surface area (Å²) in [5, 5.41) is 3.55. The van der Waals surface area contributed by atoms with Crippen LogP contribution in [0.4, 0.5) is 0 Å². The van der Waals surface area contributed by atoms with Crippen molar-refractivity contribution in [2.45, 2.75) is 24.8 Å². The van der Waals surface area contributed by atoms with Gasteiger partial charge in [0.1, 0.15) is 0 Å². The van der Waals surface area contributed by atoms with E-state index in [-0.39, 0.29) is 0 Å².